The summed E-state index contributed by atoms with van der Waals surface area (Å²) in [6.45, 7) is 0. The fraction of sp³-hybridized carbons (Fsp3) is 0.300. The maximum atomic E-state index is 11.2. The van der Waals surface area contributed by atoms with Crippen molar-refractivity contribution >= 4 is 27.3 Å². The molecular formula is C20H19BrN2O4. The maximum absolute atomic E-state index is 11.2. The Kier molecular flexibility index (Phi) is 4.55. The van der Waals surface area contributed by atoms with Crippen LogP contribution in [-0.2, 0) is 0 Å². The van der Waals surface area contributed by atoms with E-state index in [1.807, 2.05) is 12.1 Å². The van der Waals surface area contributed by atoms with Gasteiger partial charge >= 0.3 is 0 Å². The number of halogens is 1. The predicted molar refractivity (Wildman–Crippen MR) is 107 cm³/mol. The Bertz CT molecular complexity index is 944. The minimum atomic E-state index is -0.342. The topological polar surface area (TPSA) is 73.6 Å². The first-order valence-electron chi connectivity index (χ1n) is 8.66. The standard InChI is InChI=1S/C20H19BrN2O4/c1-26-18-9-11(8-16(21)20(18)27-2)19-14-5-3-4-13(14)15-10-12(23(24)25)6-7-17(15)22-19/h3-4,6-10,13-14,19,22H,5H2,1-2H3/t13-,14-,19-/m0/s1. The molecule has 0 bridgehead atoms. The van der Waals surface area contributed by atoms with E-state index in [0.717, 1.165) is 27.7 Å². The summed E-state index contributed by atoms with van der Waals surface area (Å²) in [5.74, 6) is 1.76. The first-order chi connectivity index (χ1) is 13.0. The molecule has 0 saturated carbocycles. The first kappa shape index (κ1) is 17.9. The normalized spacial score (nSPS) is 22.6. The van der Waals surface area contributed by atoms with Gasteiger partial charge in [-0.1, -0.05) is 12.2 Å². The number of hydrogen-bond donors (Lipinski definition) is 1. The molecule has 1 heterocycles. The van der Waals surface area contributed by atoms with E-state index in [2.05, 4.69) is 33.4 Å². The number of anilines is 1. The van der Waals surface area contributed by atoms with Crippen molar-refractivity contribution in [3.05, 3.63) is 68.2 Å². The van der Waals surface area contributed by atoms with Crippen molar-refractivity contribution < 1.29 is 14.4 Å². The number of fused-ring (bicyclic) bond motifs is 3. The lowest BCUT2D eigenvalue weighted by molar-refractivity contribution is -0.384. The molecule has 0 amide bonds. The second-order valence-electron chi connectivity index (χ2n) is 6.74. The number of hydrogen-bond acceptors (Lipinski definition) is 5. The summed E-state index contributed by atoms with van der Waals surface area (Å²) >= 11 is 3.57. The van der Waals surface area contributed by atoms with Crippen LogP contribution in [0.3, 0.4) is 0 Å². The van der Waals surface area contributed by atoms with Crippen molar-refractivity contribution in [2.75, 3.05) is 19.5 Å². The Morgan fingerprint density at radius 2 is 2.04 bits per heavy atom. The van der Waals surface area contributed by atoms with Gasteiger partial charge in [0.25, 0.3) is 5.69 Å². The van der Waals surface area contributed by atoms with Gasteiger partial charge in [-0.25, -0.2) is 0 Å². The third-order valence-electron chi connectivity index (χ3n) is 5.37. The van der Waals surface area contributed by atoms with Crippen molar-refractivity contribution in [3.63, 3.8) is 0 Å². The van der Waals surface area contributed by atoms with Crippen molar-refractivity contribution in [2.45, 2.75) is 18.4 Å². The molecule has 0 unspecified atom stereocenters. The average molecular weight is 431 g/mol. The van der Waals surface area contributed by atoms with E-state index in [1.54, 1.807) is 32.4 Å². The lowest BCUT2D eigenvalue weighted by Crippen LogP contribution is -2.29. The summed E-state index contributed by atoms with van der Waals surface area (Å²) in [4.78, 5) is 10.8. The van der Waals surface area contributed by atoms with Crippen molar-refractivity contribution in [2.24, 2.45) is 5.92 Å². The summed E-state index contributed by atoms with van der Waals surface area (Å²) < 4.78 is 11.7. The fourth-order valence-corrected chi connectivity index (χ4v) is 4.76. The Morgan fingerprint density at radius 1 is 1.22 bits per heavy atom. The van der Waals surface area contributed by atoms with Crippen molar-refractivity contribution in [3.8, 4) is 11.5 Å². The quantitative estimate of drug-likeness (QED) is 0.409. The smallest absolute Gasteiger partial charge is 0.269 e. The Balaban J connectivity index is 1.78. The molecule has 1 aliphatic heterocycles. The molecule has 2 aromatic rings. The number of rotatable bonds is 4. The van der Waals surface area contributed by atoms with Gasteiger partial charge in [-0.3, -0.25) is 10.1 Å². The van der Waals surface area contributed by atoms with E-state index in [0.29, 0.717) is 11.5 Å². The molecular weight excluding hydrogens is 412 g/mol. The number of ether oxygens (including phenoxy) is 2. The molecule has 7 heteroatoms. The molecule has 6 nitrogen and oxygen atoms in total. The third kappa shape index (κ3) is 2.96. The van der Waals surface area contributed by atoms with Crippen LogP contribution >= 0.6 is 15.9 Å². The van der Waals surface area contributed by atoms with E-state index >= 15 is 0 Å². The number of nitrogens with one attached hydrogen (secondary N) is 1. The van der Waals surface area contributed by atoms with Gasteiger partial charge < -0.3 is 14.8 Å². The zero-order chi connectivity index (χ0) is 19.1. The monoisotopic (exact) mass is 430 g/mol. The lowest BCUT2D eigenvalue weighted by Gasteiger charge is -2.37. The summed E-state index contributed by atoms with van der Waals surface area (Å²) in [6, 6.07) is 9.15. The Hall–Kier alpha value is -2.54. The zero-order valence-corrected chi connectivity index (χ0v) is 16.5. The number of non-ortho nitro benzene ring substituents is 1. The molecule has 0 radical (unpaired) electrons. The van der Waals surface area contributed by atoms with Gasteiger partial charge in [0.15, 0.2) is 11.5 Å². The Labute approximate surface area is 165 Å². The maximum Gasteiger partial charge on any atom is 0.269 e. The predicted octanol–water partition coefficient (Wildman–Crippen LogP) is 5.20. The molecule has 0 fully saturated rings. The SMILES string of the molecule is COc1cc([C@@H]2Nc3ccc([N+](=O)[O-])cc3[C@H]3C=CC[C@@H]32)cc(Br)c1OC. The van der Waals surface area contributed by atoms with E-state index in [-0.39, 0.29) is 28.5 Å². The molecule has 27 heavy (non-hydrogen) atoms. The minimum Gasteiger partial charge on any atom is -0.493 e. The molecule has 140 valence electrons. The average Bonchev–Trinajstić information content (AvgIpc) is 3.16. The minimum absolute atomic E-state index is 0.0649. The first-order valence-corrected chi connectivity index (χ1v) is 9.45. The summed E-state index contributed by atoms with van der Waals surface area (Å²) in [7, 11) is 3.23. The molecule has 0 saturated heterocycles. The van der Waals surface area contributed by atoms with Crippen LogP contribution in [0.15, 0.2) is 47.0 Å². The highest BCUT2D eigenvalue weighted by Gasteiger charge is 2.39. The molecule has 0 spiro atoms. The summed E-state index contributed by atoms with van der Waals surface area (Å²) in [5.41, 5.74) is 3.13. The molecule has 2 aliphatic rings. The van der Waals surface area contributed by atoms with Crippen LogP contribution in [0.25, 0.3) is 0 Å². The van der Waals surface area contributed by atoms with Gasteiger partial charge in [0, 0.05) is 23.7 Å². The van der Waals surface area contributed by atoms with Crippen molar-refractivity contribution in [1.82, 2.24) is 0 Å². The van der Waals surface area contributed by atoms with Crippen LogP contribution in [0.1, 0.15) is 29.5 Å². The van der Waals surface area contributed by atoms with E-state index in [4.69, 9.17) is 9.47 Å². The van der Waals surface area contributed by atoms with E-state index in [1.165, 1.54) is 0 Å². The number of nitro benzene ring substituents is 1. The van der Waals surface area contributed by atoms with Gasteiger partial charge in [0.2, 0.25) is 0 Å². The van der Waals surface area contributed by atoms with E-state index < -0.39 is 0 Å². The van der Waals surface area contributed by atoms with Gasteiger partial charge in [0.05, 0.1) is 29.7 Å². The lowest BCUT2D eigenvalue weighted by atomic mass is 9.77. The fourth-order valence-electron chi connectivity index (χ4n) is 4.14. The number of benzene rings is 2. The van der Waals surface area contributed by atoms with E-state index in [9.17, 15) is 10.1 Å². The van der Waals surface area contributed by atoms with Crippen LogP contribution in [0, 0.1) is 16.0 Å². The largest absolute Gasteiger partial charge is 0.493 e. The molecule has 3 atom stereocenters. The van der Waals surface area contributed by atoms with Crippen LogP contribution in [0.5, 0.6) is 11.5 Å². The summed E-state index contributed by atoms with van der Waals surface area (Å²) in [6.07, 6.45) is 5.24. The highest BCUT2D eigenvalue weighted by Crippen LogP contribution is 2.51. The number of nitrogens with zero attached hydrogens (tertiary/aromatic N) is 1. The molecule has 2 aromatic carbocycles. The number of nitro groups is 1. The zero-order valence-electron chi connectivity index (χ0n) is 14.9. The Morgan fingerprint density at radius 3 is 2.74 bits per heavy atom. The highest BCUT2D eigenvalue weighted by molar-refractivity contribution is 9.10. The number of allylic oxidation sites excluding steroid dienone is 2. The van der Waals surface area contributed by atoms with Gasteiger partial charge in [-0.15, -0.1) is 0 Å². The van der Waals surface area contributed by atoms with Gasteiger partial charge in [-0.05, 0) is 57.6 Å². The van der Waals surface area contributed by atoms with Crippen LogP contribution < -0.4 is 14.8 Å². The molecule has 1 aliphatic carbocycles. The second kappa shape index (κ2) is 6.88. The van der Waals surface area contributed by atoms with Crippen molar-refractivity contribution in [1.29, 1.82) is 0 Å². The molecule has 1 N–H and O–H groups in total. The van der Waals surface area contributed by atoms with Crippen LogP contribution in [0.4, 0.5) is 11.4 Å². The molecule has 0 aromatic heterocycles. The second-order valence-corrected chi connectivity index (χ2v) is 7.60. The third-order valence-corrected chi connectivity index (χ3v) is 5.96. The van der Waals surface area contributed by atoms with Crippen LogP contribution in [-0.4, -0.2) is 19.1 Å². The summed E-state index contributed by atoms with van der Waals surface area (Å²) in [5, 5.41) is 14.8. The molecule has 4 rings (SSSR count). The highest BCUT2D eigenvalue weighted by atomic mass is 79.9. The van der Waals surface area contributed by atoms with Gasteiger partial charge in [-0.2, -0.15) is 0 Å². The van der Waals surface area contributed by atoms with Gasteiger partial charge in [0.1, 0.15) is 0 Å². The number of methoxy groups -OCH3 is 2. The van der Waals surface area contributed by atoms with Crippen LogP contribution in [0.2, 0.25) is 0 Å².